The molecule has 0 spiro atoms. The van der Waals surface area contributed by atoms with Crippen LogP contribution in [0.3, 0.4) is 0 Å². The van der Waals surface area contributed by atoms with Crippen LogP contribution in [0, 0.1) is 0 Å². The molecule has 2 aliphatic heterocycles. The van der Waals surface area contributed by atoms with Crippen molar-refractivity contribution >= 4 is 15.0 Å². The predicted octanol–water partition coefficient (Wildman–Crippen LogP) is 2.05. The van der Waals surface area contributed by atoms with Crippen molar-refractivity contribution in [3.8, 4) is 0 Å². The van der Waals surface area contributed by atoms with Crippen LogP contribution in [0.5, 0.6) is 0 Å². The van der Waals surface area contributed by atoms with Crippen LogP contribution in [0.1, 0.15) is 26.0 Å². The summed E-state index contributed by atoms with van der Waals surface area (Å²) >= 11 is 0. The molecule has 1 aromatic rings. The van der Waals surface area contributed by atoms with Gasteiger partial charge in [-0.15, -0.1) is 0 Å². The van der Waals surface area contributed by atoms with Gasteiger partial charge in [-0.25, -0.2) is 0 Å². The molecule has 0 aromatic carbocycles. The lowest BCUT2D eigenvalue weighted by atomic mass is 10.1. The number of hydrogen-bond acceptors (Lipinski definition) is 5. The maximum absolute atomic E-state index is 5.98. The molecule has 0 amide bonds. The average Bonchev–Trinajstić information content (AvgIpc) is 2.93. The van der Waals surface area contributed by atoms with E-state index < -0.39 is 8.80 Å². The Bertz CT molecular complexity index is 471. The smallest absolute Gasteiger partial charge is 0.368 e. The van der Waals surface area contributed by atoms with Crippen LogP contribution < -0.4 is 0 Å². The summed E-state index contributed by atoms with van der Waals surface area (Å²) in [4.78, 5) is 8.58. The molecule has 108 valence electrons. The molecular formula is C14H20N2O3Si. The van der Waals surface area contributed by atoms with Crippen LogP contribution in [0.2, 0.25) is 6.04 Å². The van der Waals surface area contributed by atoms with E-state index in [1.807, 2.05) is 18.2 Å². The molecule has 2 fully saturated rings. The van der Waals surface area contributed by atoms with Crippen LogP contribution in [0.25, 0.3) is 0 Å². The van der Waals surface area contributed by atoms with Gasteiger partial charge in [0.15, 0.2) is 0 Å². The Kier molecular flexibility index (Phi) is 3.98. The van der Waals surface area contributed by atoms with Crippen LogP contribution in [0.4, 0.5) is 0 Å². The van der Waals surface area contributed by atoms with Crippen LogP contribution in [0.15, 0.2) is 29.4 Å². The highest BCUT2D eigenvalue weighted by atomic mass is 28.4. The number of fused-ring (bicyclic) bond motifs is 2. The molecule has 2 unspecified atom stereocenters. The summed E-state index contributed by atoms with van der Waals surface area (Å²) in [5, 5.41) is 0. The van der Waals surface area contributed by atoms with Crippen molar-refractivity contribution in [2.75, 3.05) is 6.54 Å². The highest BCUT2D eigenvalue weighted by molar-refractivity contribution is 6.62. The maximum atomic E-state index is 5.98. The van der Waals surface area contributed by atoms with Crippen molar-refractivity contribution in [1.29, 1.82) is 0 Å². The van der Waals surface area contributed by atoms with Gasteiger partial charge in [-0.2, -0.15) is 0 Å². The van der Waals surface area contributed by atoms with Gasteiger partial charge in [-0.1, -0.05) is 6.07 Å². The molecular weight excluding hydrogens is 272 g/mol. The highest BCUT2D eigenvalue weighted by Crippen LogP contribution is 2.40. The molecule has 0 N–H and O–H groups in total. The molecule has 2 atom stereocenters. The number of aromatic nitrogens is 1. The molecule has 0 radical (unpaired) electrons. The van der Waals surface area contributed by atoms with Crippen molar-refractivity contribution in [3.05, 3.63) is 30.1 Å². The first-order valence-electron chi connectivity index (χ1n) is 7.13. The zero-order valence-corrected chi connectivity index (χ0v) is 12.9. The Labute approximate surface area is 120 Å². The van der Waals surface area contributed by atoms with Crippen LogP contribution in [-0.4, -0.2) is 44.9 Å². The van der Waals surface area contributed by atoms with Crippen molar-refractivity contribution in [2.24, 2.45) is 4.99 Å². The third kappa shape index (κ3) is 2.83. The third-order valence-electron chi connectivity index (χ3n) is 3.65. The van der Waals surface area contributed by atoms with E-state index in [-0.39, 0.29) is 18.3 Å². The minimum atomic E-state index is -2.38. The highest BCUT2D eigenvalue weighted by Gasteiger charge is 2.60. The fraction of sp³-hybridized carbons (Fsp3) is 0.571. The minimum absolute atomic E-state index is 0.124. The molecule has 2 saturated heterocycles. The first kappa shape index (κ1) is 13.9. The second kappa shape index (κ2) is 5.73. The van der Waals surface area contributed by atoms with E-state index in [2.05, 4.69) is 23.8 Å². The molecule has 3 rings (SSSR count). The molecule has 20 heavy (non-hydrogen) atoms. The Morgan fingerprint density at radius 3 is 2.70 bits per heavy atom. The number of nitrogens with zero attached hydrogens (tertiary/aromatic N) is 2. The summed E-state index contributed by atoms with van der Waals surface area (Å²) < 4.78 is 17.8. The van der Waals surface area contributed by atoms with Crippen molar-refractivity contribution in [1.82, 2.24) is 4.98 Å². The second-order valence-electron chi connectivity index (χ2n) is 5.30. The summed E-state index contributed by atoms with van der Waals surface area (Å²) in [6.45, 7) is 4.88. The summed E-state index contributed by atoms with van der Waals surface area (Å²) in [6.07, 6.45) is 4.95. The van der Waals surface area contributed by atoms with Crippen molar-refractivity contribution in [2.45, 2.75) is 44.6 Å². The number of rotatable bonds is 5. The van der Waals surface area contributed by atoms with Gasteiger partial charge in [0.05, 0.1) is 24.0 Å². The van der Waals surface area contributed by atoms with Gasteiger partial charge in [-0.05, 0) is 32.4 Å². The average molecular weight is 292 g/mol. The van der Waals surface area contributed by atoms with Crippen molar-refractivity contribution in [3.63, 3.8) is 0 Å². The second-order valence-corrected chi connectivity index (χ2v) is 7.88. The van der Waals surface area contributed by atoms with Crippen LogP contribution >= 0.6 is 0 Å². The zero-order chi connectivity index (χ0) is 14.0. The molecule has 1 aromatic heterocycles. The summed E-state index contributed by atoms with van der Waals surface area (Å²) in [5.41, 5.74) is 0.885. The van der Waals surface area contributed by atoms with E-state index in [0.29, 0.717) is 0 Å². The lowest BCUT2D eigenvalue weighted by Gasteiger charge is -2.26. The van der Waals surface area contributed by atoms with Gasteiger partial charge in [-0.3, -0.25) is 9.98 Å². The molecule has 6 heteroatoms. The summed E-state index contributed by atoms with van der Waals surface area (Å²) in [6, 6.07) is 6.63. The number of pyridine rings is 1. The van der Waals surface area contributed by atoms with E-state index in [4.69, 9.17) is 13.3 Å². The maximum Gasteiger partial charge on any atom is 0.502 e. The fourth-order valence-corrected chi connectivity index (χ4v) is 6.05. The first-order valence-corrected chi connectivity index (χ1v) is 9.06. The SMILES string of the molecule is CC1O[Si]2(CCCN=Cc3ccccn3)OC(C)C1O2. The molecule has 2 bridgehead atoms. The zero-order valence-electron chi connectivity index (χ0n) is 11.9. The van der Waals surface area contributed by atoms with Crippen LogP contribution in [-0.2, 0) is 13.3 Å². The lowest BCUT2D eigenvalue weighted by molar-refractivity contribution is 0.0406. The lowest BCUT2D eigenvalue weighted by Crippen LogP contribution is -2.43. The largest absolute Gasteiger partial charge is 0.502 e. The van der Waals surface area contributed by atoms with E-state index in [1.54, 1.807) is 12.4 Å². The van der Waals surface area contributed by atoms with Gasteiger partial charge >= 0.3 is 8.80 Å². The van der Waals surface area contributed by atoms with Gasteiger partial charge < -0.3 is 13.3 Å². The molecule has 3 heterocycles. The Morgan fingerprint density at radius 1 is 1.25 bits per heavy atom. The molecule has 5 nitrogen and oxygen atoms in total. The quantitative estimate of drug-likeness (QED) is 0.473. The number of hydrogen-bond donors (Lipinski definition) is 0. The number of aliphatic imine (C=N–C) groups is 1. The first-order chi connectivity index (χ1) is 9.69. The fourth-order valence-electron chi connectivity index (χ4n) is 2.74. The normalized spacial score (nSPS) is 36.0. The molecule has 0 saturated carbocycles. The summed E-state index contributed by atoms with van der Waals surface area (Å²) in [7, 11) is -2.38. The third-order valence-corrected chi connectivity index (χ3v) is 6.71. The summed E-state index contributed by atoms with van der Waals surface area (Å²) in [5.74, 6) is 0. The van der Waals surface area contributed by atoms with Crippen molar-refractivity contribution < 1.29 is 13.3 Å². The van der Waals surface area contributed by atoms with Gasteiger partial charge in [0, 0.05) is 25.0 Å². The van der Waals surface area contributed by atoms with E-state index >= 15 is 0 Å². The predicted molar refractivity (Wildman–Crippen MR) is 77.8 cm³/mol. The standard InChI is InChI=1S/C14H20N2O3Si/c1-11-14-12(2)18-20(17-11,19-14)9-5-7-15-10-13-6-3-4-8-16-13/h3-4,6,8,10-12,14H,5,7,9H2,1-2H3. The molecule has 2 aliphatic rings. The van der Waals surface area contributed by atoms with Gasteiger partial charge in [0.25, 0.3) is 0 Å². The van der Waals surface area contributed by atoms with E-state index in [1.165, 1.54) is 0 Å². The topological polar surface area (TPSA) is 52.9 Å². The molecule has 0 aliphatic carbocycles. The Morgan fingerprint density at radius 2 is 2.05 bits per heavy atom. The van der Waals surface area contributed by atoms with E-state index in [0.717, 1.165) is 24.7 Å². The Balaban J connectivity index is 1.46. The van der Waals surface area contributed by atoms with E-state index in [9.17, 15) is 0 Å². The van der Waals surface area contributed by atoms with Gasteiger partial charge in [0.2, 0.25) is 0 Å². The van der Waals surface area contributed by atoms with Gasteiger partial charge in [0.1, 0.15) is 0 Å². The minimum Gasteiger partial charge on any atom is -0.368 e. The monoisotopic (exact) mass is 292 g/mol. The Hall–Kier alpha value is -1.08.